The van der Waals surface area contributed by atoms with Gasteiger partial charge in [0.15, 0.2) is 0 Å². The number of unbranched alkanes of at least 4 members (excludes halogenated alkanes) is 1. The van der Waals surface area contributed by atoms with E-state index in [0.29, 0.717) is 13.1 Å². The molecule has 134 valence electrons. The summed E-state index contributed by atoms with van der Waals surface area (Å²) in [4.78, 5) is 31.3. The summed E-state index contributed by atoms with van der Waals surface area (Å²) >= 11 is 0. The van der Waals surface area contributed by atoms with Crippen molar-refractivity contribution in [2.75, 3.05) is 13.1 Å². The van der Waals surface area contributed by atoms with E-state index < -0.39 is 0 Å². The van der Waals surface area contributed by atoms with Gasteiger partial charge in [-0.25, -0.2) is 0 Å². The van der Waals surface area contributed by atoms with Crippen molar-refractivity contribution in [1.29, 1.82) is 0 Å². The Bertz CT molecular complexity index is 677. The Morgan fingerprint density at radius 3 is 1.65 bits per heavy atom. The first-order valence-electron chi connectivity index (χ1n) is 8.46. The largest absolute Gasteiger partial charge is 0.353 e. The van der Waals surface area contributed by atoms with Crippen LogP contribution in [0.2, 0.25) is 0 Å². The first kappa shape index (κ1) is 19.1. The first-order chi connectivity index (χ1) is 12.7. The lowest BCUT2D eigenvalue weighted by molar-refractivity contribution is -0.117. The Morgan fingerprint density at radius 2 is 1.27 bits per heavy atom. The zero-order chi connectivity index (χ0) is 18.5. The van der Waals surface area contributed by atoms with Crippen LogP contribution in [0.25, 0.3) is 12.2 Å². The molecule has 2 rings (SSSR count). The van der Waals surface area contributed by atoms with Gasteiger partial charge >= 0.3 is 0 Å². The highest BCUT2D eigenvalue weighted by molar-refractivity contribution is 5.92. The predicted molar refractivity (Wildman–Crippen MR) is 102 cm³/mol. The molecule has 0 aliphatic heterocycles. The topological polar surface area (TPSA) is 84.0 Å². The number of carbonyl (C=O) groups excluding carboxylic acids is 2. The van der Waals surface area contributed by atoms with Crippen LogP contribution in [0, 0.1) is 0 Å². The maximum absolute atomic E-state index is 11.7. The average Bonchev–Trinajstić information content (AvgIpc) is 2.69. The van der Waals surface area contributed by atoms with E-state index in [2.05, 4.69) is 20.6 Å². The number of amides is 2. The third-order valence-corrected chi connectivity index (χ3v) is 3.43. The summed E-state index contributed by atoms with van der Waals surface area (Å²) in [6.45, 7) is 1.13. The molecule has 0 radical (unpaired) electrons. The van der Waals surface area contributed by atoms with Crippen LogP contribution in [0.1, 0.15) is 24.0 Å². The van der Waals surface area contributed by atoms with Gasteiger partial charge in [0.25, 0.3) is 0 Å². The van der Waals surface area contributed by atoms with Crippen molar-refractivity contribution in [2.45, 2.75) is 12.8 Å². The normalized spacial score (nSPS) is 10.9. The molecule has 6 heteroatoms. The van der Waals surface area contributed by atoms with Crippen molar-refractivity contribution >= 4 is 24.0 Å². The van der Waals surface area contributed by atoms with Gasteiger partial charge in [0.05, 0.1) is 0 Å². The van der Waals surface area contributed by atoms with Crippen molar-refractivity contribution in [3.8, 4) is 0 Å². The second-order valence-corrected chi connectivity index (χ2v) is 5.53. The predicted octanol–water partition coefficient (Wildman–Crippen LogP) is 2.22. The number of nitrogens with one attached hydrogen (secondary N) is 2. The number of nitrogens with zero attached hydrogens (tertiary/aromatic N) is 2. The van der Waals surface area contributed by atoms with Crippen molar-refractivity contribution < 1.29 is 9.59 Å². The van der Waals surface area contributed by atoms with Crippen LogP contribution in [-0.2, 0) is 9.59 Å². The van der Waals surface area contributed by atoms with Crippen LogP contribution in [0.15, 0.2) is 61.2 Å². The summed E-state index contributed by atoms with van der Waals surface area (Å²) < 4.78 is 0. The second-order valence-electron chi connectivity index (χ2n) is 5.53. The summed E-state index contributed by atoms with van der Waals surface area (Å²) in [6.07, 6.45) is 14.7. The fraction of sp³-hybridized carbons (Fsp3) is 0.200. The molecule has 0 bridgehead atoms. The third kappa shape index (κ3) is 8.01. The lowest BCUT2D eigenvalue weighted by Gasteiger charge is -2.03. The standard InChI is InChI=1S/C20H22N4O2/c25-19(9-7-17-5-3-11-21-15-17)23-13-1-2-14-24-20(26)10-8-18-6-4-12-22-16-18/h3-12,15-16H,1-2,13-14H2,(H,23,25)(H,24,26)/b9-7+,10-8+. The maximum Gasteiger partial charge on any atom is 0.243 e. The maximum atomic E-state index is 11.7. The molecule has 2 heterocycles. The number of rotatable bonds is 9. The molecule has 0 aliphatic rings. The average molecular weight is 350 g/mol. The smallest absolute Gasteiger partial charge is 0.243 e. The van der Waals surface area contributed by atoms with E-state index in [9.17, 15) is 9.59 Å². The molecule has 0 spiro atoms. The fourth-order valence-corrected chi connectivity index (χ4v) is 2.08. The van der Waals surface area contributed by atoms with Crippen LogP contribution >= 0.6 is 0 Å². The molecule has 0 aliphatic carbocycles. The van der Waals surface area contributed by atoms with Gasteiger partial charge in [-0.3, -0.25) is 19.6 Å². The SMILES string of the molecule is O=C(/C=C/c1cccnc1)NCCCCNC(=O)/C=C/c1cccnc1. The molecule has 2 aromatic heterocycles. The number of pyridine rings is 2. The Kier molecular flexibility index (Phi) is 8.28. The van der Waals surface area contributed by atoms with Gasteiger partial charge in [-0.2, -0.15) is 0 Å². The highest BCUT2D eigenvalue weighted by atomic mass is 16.2. The van der Waals surface area contributed by atoms with Gasteiger partial charge in [-0.05, 0) is 48.3 Å². The van der Waals surface area contributed by atoms with Crippen molar-refractivity contribution in [3.05, 3.63) is 72.3 Å². The fourth-order valence-electron chi connectivity index (χ4n) is 2.08. The molecule has 0 atom stereocenters. The monoisotopic (exact) mass is 350 g/mol. The van der Waals surface area contributed by atoms with E-state index in [1.165, 1.54) is 12.2 Å². The van der Waals surface area contributed by atoms with Crippen LogP contribution in [0.3, 0.4) is 0 Å². The molecule has 2 N–H and O–H groups in total. The summed E-state index contributed by atoms with van der Waals surface area (Å²) in [5.74, 6) is -0.283. The molecular formula is C20H22N4O2. The minimum atomic E-state index is -0.141. The van der Waals surface area contributed by atoms with Gasteiger partial charge in [0.2, 0.25) is 11.8 Å². The molecule has 0 saturated carbocycles. The van der Waals surface area contributed by atoms with Crippen LogP contribution in [0.4, 0.5) is 0 Å². The minimum Gasteiger partial charge on any atom is -0.353 e. The molecule has 26 heavy (non-hydrogen) atoms. The Balaban J connectivity index is 1.53. The van der Waals surface area contributed by atoms with E-state index in [1.807, 2.05) is 24.3 Å². The molecule has 6 nitrogen and oxygen atoms in total. The van der Waals surface area contributed by atoms with Crippen molar-refractivity contribution in [1.82, 2.24) is 20.6 Å². The summed E-state index contributed by atoms with van der Waals surface area (Å²) in [7, 11) is 0. The van der Waals surface area contributed by atoms with Crippen LogP contribution < -0.4 is 10.6 Å². The zero-order valence-corrected chi connectivity index (χ0v) is 14.5. The van der Waals surface area contributed by atoms with E-state index >= 15 is 0 Å². The first-order valence-corrected chi connectivity index (χ1v) is 8.46. The summed E-state index contributed by atoms with van der Waals surface area (Å²) in [5.41, 5.74) is 1.76. The zero-order valence-electron chi connectivity index (χ0n) is 14.5. The van der Waals surface area contributed by atoms with E-state index in [-0.39, 0.29) is 11.8 Å². The Hall–Kier alpha value is -3.28. The number of aromatic nitrogens is 2. The van der Waals surface area contributed by atoms with E-state index in [0.717, 1.165) is 24.0 Å². The van der Waals surface area contributed by atoms with Crippen LogP contribution in [-0.4, -0.2) is 34.9 Å². The highest BCUT2D eigenvalue weighted by Gasteiger charge is 1.97. The minimum absolute atomic E-state index is 0.141. The molecule has 2 amide bonds. The number of hydrogen-bond acceptors (Lipinski definition) is 4. The quantitative estimate of drug-likeness (QED) is 0.536. The molecule has 0 saturated heterocycles. The molecule has 0 aromatic carbocycles. The van der Waals surface area contributed by atoms with E-state index in [1.54, 1.807) is 36.9 Å². The van der Waals surface area contributed by atoms with Crippen molar-refractivity contribution in [2.24, 2.45) is 0 Å². The summed E-state index contributed by atoms with van der Waals surface area (Å²) in [6, 6.07) is 7.39. The second kappa shape index (κ2) is 11.3. The van der Waals surface area contributed by atoms with Crippen molar-refractivity contribution in [3.63, 3.8) is 0 Å². The number of carbonyl (C=O) groups is 2. The van der Waals surface area contributed by atoms with Crippen LogP contribution in [0.5, 0.6) is 0 Å². The van der Waals surface area contributed by atoms with Gasteiger partial charge in [-0.1, -0.05) is 12.1 Å². The molecule has 0 unspecified atom stereocenters. The third-order valence-electron chi connectivity index (χ3n) is 3.43. The Morgan fingerprint density at radius 1 is 0.808 bits per heavy atom. The van der Waals surface area contributed by atoms with Gasteiger partial charge in [-0.15, -0.1) is 0 Å². The lowest BCUT2D eigenvalue weighted by Crippen LogP contribution is -2.25. The van der Waals surface area contributed by atoms with Gasteiger partial charge in [0, 0.05) is 50.0 Å². The molecule has 2 aromatic rings. The Labute approximate surface area is 153 Å². The molecule has 0 fully saturated rings. The highest BCUT2D eigenvalue weighted by Crippen LogP contribution is 1.99. The van der Waals surface area contributed by atoms with E-state index in [4.69, 9.17) is 0 Å². The molecular weight excluding hydrogens is 328 g/mol. The summed E-state index contributed by atoms with van der Waals surface area (Å²) in [5, 5.41) is 5.62. The van der Waals surface area contributed by atoms with Gasteiger partial charge in [0.1, 0.15) is 0 Å². The lowest BCUT2D eigenvalue weighted by atomic mass is 10.2. The van der Waals surface area contributed by atoms with Gasteiger partial charge < -0.3 is 10.6 Å². The number of hydrogen-bond donors (Lipinski definition) is 2.